The first-order valence-electron chi connectivity index (χ1n) is 7.83. The Hall–Kier alpha value is -3.00. The number of nitrogens with zero attached hydrogens (tertiary/aromatic N) is 1. The molecule has 0 spiro atoms. The van der Waals surface area contributed by atoms with Crippen molar-refractivity contribution in [3.05, 3.63) is 46.6 Å². The van der Waals surface area contributed by atoms with E-state index in [0.717, 1.165) is 23.3 Å². The molecule has 3 heterocycles. The smallest absolute Gasteiger partial charge is 0.298 e. The summed E-state index contributed by atoms with van der Waals surface area (Å²) in [6, 6.07) is 7.27. The lowest BCUT2D eigenvalue weighted by Crippen LogP contribution is -2.23. The van der Waals surface area contributed by atoms with Gasteiger partial charge in [0.1, 0.15) is 4.88 Å². The van der Waals surface area contributed by atoms with Gasteiger partial charge in [0.2, 0.25) is 0 Å². The molecular weight excluding hydrogens is 340 g/mol. The van der Waals surface area contributed by atoms with Crippen molar-refractivity contribution in [1.82, 2.24) is 15.3 Å². The first kappa shape index (κ1) is 15.5. The molecule has 0 radical (unpaired) electrons. The third kappa shape index (κ3) is 2.80. The summed E-state index contributed by atoms with van der Waals surface area (Å²) in [6.45, 7) is 0.614. The third-order valence-corrected chi connectivity index (χ3v) is 5.05. The van der Waals surface area contributed by atoms with Crippen LogP contribution in [0.1, 0.15) is 32.1 Å². The lowest BCUT2D eigenvalue weighted by molar-refractivity contribution is -0.112. The number of rotatable bonds is 3. The summed E-state index contributed by atoms with van der Waals surface area (Å²) in [7, 11) is 0. The van der Waals surface area contributed by atoms with Crippen LogP contribution in [-0.2, 0) is 11.2 Å². The van der Waals surface area contributed by atoms with Crippen LogP contribution in [0.5, 0.6) is 0 Å². The number of fused-ring (bicyclic) bond motifs is 2. The number of hydrogen-bond acceptors (Lipinski definition) is 5. The molecule has 4 rings (SSSR count). The van der Waals surface area contributed by atoms with E-state index >= 15 is 0 Å². The first-order chi connectivity index (χ1) is 12.1. The molecule has 0 saturated carbocycles. The largest absolute Gasteiger partial charge is 0.360 e. The van der Waals surface area contributed by atoms with Crippen molar-refractivity contribution in [3.8, 4) is 0 Å². The van der Waals surface area contributed by atoms with E-state index in [4.69, 9.17) is 0 Å². The van der Waals surface area contributed by atoms with E-state index in [1.807, 2.05) is 12.1 Å². The van der Waals surface area contributed by atoms with Crippen molar-refractivity contribution in [2.24, 2.45) is 0 Å². The van der Waals surface area contributed by atoms with Gasteiger partial charge < -0.3 is 10.3 Å². The van der Waals surface area contributed by atoms with Gasteiger partial charge in [-0.2, -0.15) is 0 Å². The van der Waals surface area contributed by atoms with Crippen LogP contribution < -0.4 is 10.6 Å². The van der Waals surface area contributed by atoms with Gasteiger partial charge in [0, 0.05) is 23.6 Å². The van der Waals surface area contributed by atoms with Crippen LogP contribution in [0.15, 0.2) is 30.5 Å². The Balaban J connectivity index is 1.57. The number of thiazole rings is 1. The van der Waals surface area contributed by atoms with Crippen molar-refractivity contribution < 1.29 is 14.4 Å². The van der Waals surface area contributed by atoms with Gasteiger partial charge in [0.25, 0.3) is 17.6 Å². The lowest BCUT2D eigenvalue weighted by atomic mass is 10.1. The molecule has 1 aromatic carbocycles. The SMILES string of the molecule is O=C(Nc1nc2c(s1)C(=O)NCCC2)C(=O)c1c[nH]c2ccccc12. The standard InChI is InChI=1S/C17H14N4O3S/c22-13(10-8-19-11-5-2-1-4-9(10)11)15(23)21-17-20-12-6-3-7-18-16(24)14(12)25-17/h1-2,4-5,8,19H,3,6-7H2,(H,18,24)(H,20,21,23). The summed E-state index contributed by atoms with van der Waals surface area (Å²) in [5, 5.41) is 6.25. The van der Waals surface area contributed by atoms with Crippen molar-refractivity contribution in [2.45, 2.75) is 12.8 Å². The summed E-state index contributed by atoms with van der Waals surface area (Å²) in [5.74, 6) is -1.60. The zero-order valence-corrected chi connectivity index (χ0v) is 13.9. The summed E-state index contributed by atoms with van der Waals surface area (Å²) in [5.41, 5.74) is 1.76. The number of aryl methyl sites for hydroxylation is 1. The van der Waals surface area contributed by atoms with Crippen LogP contribution in [0.3, 0.4) is 0 Å². The van der Waals surface area contributed by atoms with Gasteiger partial charge >= 0.3 is 0 Å². The zero-order valence-electron chi connectivity index (χ0n) is 13.1. The molecule has 0 unspecified atom stereocenters. The average Bonchev–Trinajstić information content (AvgIpc) is 3.18. The molecule has 2 aromatic heterocycles. The molecule has 3 aromatic rings. The maximum Gasteiger partial charge on any atom is 0.298 e. The second-order valence-electron chi connectivity index (χ2n) is 5.69. The van der Waals surface area contributed by atoms with E-state index in [9.17, 15) is 14.4 Å². The van der Waals surface area contributed by atoms with Crippen molar-refractivity contribution in [3.63, 3.8) is 0 Å². The van der Waals surface area contributed by atoms with Crippen molar-refractivity contribution in [1.29, 1.82) is 0 Å². The summed E-state index contributed by atoms with van der Waals surface area (Å²) in [6.07, 6.45) is 2.98. The predicted octanol–water partition coefficient (Wildman–Crippen LogP) is 2.12. The molecule has 126 valence electrons. The van der Waals surface area contributed by atoms with E-state index in [2.05, 4.69) is 20.6 Å². The molecule has 7 nitrogen and oxygen atoms in total. The fourth-order valence-corrected chi connectivity index (χ4v) is 3.75. The van der Waals surface area contributed by atoms with E-state index < -0.39 is 11.7 Å². The van der Waals surface area contributed by atoms with Crippen LogP contribution in [0, 0.1) is 0 Å². The molecule has 0 fully saturated rings. The Morgan fingerprint density at radius 1 is 1.24 bits per heavy atom. The molecule has 2 amide bonds. The van der Waals surface area contributed by atoms with Crippen LogP contribution in [0.2, 0.25) is 0 Å². The number of ketones is 1. The predicted molar refractivity (Wildman–Crippen MR) is 94.0 cm³/mol. The minimum atomic E-state index is -0.769. The Labute approximate surface area is 146 Å². The molecule has 1 aliphatic rings. The number of hydrogen-bond donors (Lipinski definition) is 3. The maximum atomic E-state index is 12.5. The Morgan fingerprint density at radius 2 is 2.08 bits per heavy atom. The highest BCUT2D eigenvalue weighted by atomic mass is 32.1. The topological polar surface area (TPSA) is 104 Å². The molecule has 3 N–H and O–H groups in total. The number of benzene rings is 1. The third-order valence-electron chi connectivity index (χ3n) is 4.04. The van der Waals surface area contributed by atoms with Crippen LogP contribution in [0.4, 0.5) is 5.13 Å². The second kappa shape index (κ2) is 6.14. The molecule has 0 atom stereocenters. The van der Waals surface area contributed by atoms with Gasteiger partial charge in [-0.1, -0.05) is 29.5 Å². The molecule has 0 bridgehead atoms. The van der Waals surface area contributed by atoms with E-state index in [1.54, 1.807) is 12.1 Å². The quantitative estimate of drug-likeness (QED) is 0.495. The van der Waals surface area contributed by atoms with Crippen LogP contribution >= 0.6 is 11.3 Å². The number of H-pyrrole nitrogens is 1. The Morgan fingerprint density at radius 3 is 2.96 bits per heavy atom. The number of aromatic nitrogens is 2. The molecule has 8 heteroatoms. The normalized spacial score (nSPS) is 13.8. The average molecular weight is 354 g/mol. The number of anilines is 1. The fourth-order valence-electron chi connectivity index (χ4n) is 2.83. The molecule has 25 heavy (non-hydrogen) atoms. The van der Waals surface area contributed by atoms with E-state index in [0.29, 0.717) is 34.5 Å². The molecule has 0 aliphatic carbocycles. The molecule has 0 saturated heterocycles. The zero-order chi connectivity index (χ0) is 17.4. The highest BCUT2D eigenvalue weighted by Crippen LogP contribution is 2.26. The van der Waals surface area contributed by atoms with E-state index in [1.165, 1.54) is 6.20 Å². The number of carbonyl (C=O) groups is 3. The Kier molecular flexibility index (Phi) is 3.81. The molecular formula is C17H14N4O3S. The summed E-state index contributed by atoms with van der Waals surface area (Å²) in [4.78, 5) is 44.5. The second-order valence-corrected chi connectivity index (χ2v) is 6.68. The fraction of sp³-hybridized carbons (Fsp3) is 0.176. The number of nitrogens with one attached hydrogen (secondary N) is 3. The highest BCUT2D eigenvalue weighted by molar-refractivity contribution is 7.17. The van der Waals surface area contributed by atoms with Gasteiger partial charge in [0.05, 0.1) is 11.3 Å². The van der Waals surface area contributed by atoms with Crippen molar-refractivity contribution >= 4 is 45.0 Å². The van der Waals surface area contributed by atoms with E-state index in [-0.39, 0.29) is 11.0 Å². The van der Waals surface area contributed by atoms with Gasteiger partial charge in [-0.25, -0.2) is 4.98 Å². The summed E-state index contributed by atoms with van der Waals surface area (Å²) >= 11 is 1.09. The van der Waals surface area contributed by atoms with Gasteiger partial charge in [-0.15, -0.1) is 0 Å². The van der Waals surface area contributed by atoms with Gasteiger partial charge in [0.15, 0.2) is 5.13 Å². The number of aromatic amines is 1. The monoisotopic (exact) mass is 354 g/mol. The maximum absolute atomic E-state index is 12.5. The highest BCUT2D eigenvalue weighted by Gasteiger charge is 2.24. The Bertz CT molecular complexity index is 1000. The summed E-state index contributed by atoms with van der Waals surface area (Å²) < 4.78 is 0. The first-order valence-corrected chi connectivity index (χ1v) is 8.65. The minimum Gasteiger partial charge on any atom is -0.360 e. The number of amides is 2. The number of Topliss-reactive ketones (excluding diaryl/α,β-unsaturated/α-hetero) is 1. The van der Waals surface area contributed by atoms with Crippen molar-refractivity contribution in [2.75, 3.05) is 11.9 Å². The van der Waals surface area contributed by atoms with Gasteiger partial charge in [-0.3, -0.25) is 19.7 Å². The lowest BCUT2D eigenvalue weighted by Gasteiger charge is -2.00. The number of carbonyl (C=O) groups excluding carboxylic acids is 3. The van der Waals surface area contributed by atoms with Gasteiger partial charge in [-0.05, 0) is 18.9 Å². The van der Waals surface area contributed by atoms with Crippen LogP contribution in [-0.4, -0.2) is 34.1 Å². The van der Waals surface area contributed by atoms with Crippen LogP contribution in [0.25, 0.3) is 10.9 Å². The molecule has 1 aliphatic heterocycles. The minimum absolute atomic E-state index is 0.187. The number of para-hydroxylation sites is 1.